The first-order chi connectivity index (χ1) is 15.1. The molecule has 1 aromatic heterocycles. The van der Waals surface area contributed by atoms with E-state index in [1.807, 2.05) is 30.3 Å². The summed E-state index contributed by atoms with van der Waals surface area (Å²) in [6.07, 6.45) is 3.98. The highest BCUT2D eigenvalue weighted by molar-refractivity contribution is 6.07. The third-order valence-corrected chi connectivity index (χ3v) is 6.07. The van der Waals surface area contributed by atoms with Crippen molar-refractivity contribution < 1.29 is 14.3 Å². The third-order valence-electron chi connectivity index (χ3n) is 6.07. The number of likely N-dealkylation sites (N-methyl/N-ethyl adjacent to an activating group) is 1. The molecule has 0 saturated carbocycles. The minimum atomic E-state index is -1.09. The van der Waals surface area contributed by atoms with E-state index in [1.54, 1.807) is 13.2 Å². The van der Waals surface area contributed by atoms with Crippen LogP contribution in [0.4, 0.5) is 0 Å². The summed E-state index contributed by atoms with van der Waals surface area (Å²) in [6, 6.07) is 12.1. The predicted molar refractivity (Wildman–Crippen MR) is 118 cm³/mol. The summed E-state index contributed by atoms with van der Waals surface area (Å²) in [5.74, 6) is 0.736. The molecule has 1 atom stereocenters. The number of ether oxygens (including phenoxy) is 2. The molecule has 2 aliphatic rings. The van der Waals surface area contributed by atoms with E-state index in [-0.39, 0.29) is 11.9 Å². The van der Waals surface area contributed by atoms with E-state index < -0.39 is 5.54 Å². The molecule has 1 spiro atoms. The van der Waals surface area contributed by atoms with Crippen molar-refractivity contribution in [3.63, 3.8) is 0 Å². The molecule has 3 heterocycles. The molecule has 1 amide bonds. The van der Waals surface area contributed by atoms with Gasteiger partial charge in [0.25, 0.3) is 5.91 Å². The molecule has 0 unspecified atom stereocenters. The number of aliphatic imine (C=N–C) groups is 1. The number of nitrogens with zero attached hydrogens (tertiary/aromatic N) is 3. The van der Waals surface area contributed by atoms with Crippen LogP contribution in [0.5, 0.6) is 5.75 Å². The Hall–Kier alpha value is -3.39. The number of aromatic amines is 1. The lowest BCUT2D eigenvalue weighted by Crippen LogP contribution is -2.40. The Morgan fingerprint density at radius 1 is 1.10 bits per heavy atom. The van der Waals surface area contributed by atoms with Gasteiger partial charge in [0.1, 0.15) is 12.4 Å². The molecule has 2 aromatic carbocycles. The van der Waals surface area contributed by atoms with Crippen LogP contribution in [0.1, 0.15) is 24.8 Å². The minimum absolute atomic E-state index is 0.129. The lowest BCUT2D eigenvalue weighted by molar-refractivity contribution is -0.131. The molecule has 0 bridgehead atoms. The highest BCUT2D eigenvalue weighted by Crippen LogP contribution is 2.43. The average Bonchev–Trinajstić information content (AvgIpc) is 3.33. The zero-order valence-electron chi connectivity index (χ0n) is 17.4. The van der Waals surface area contributed by atoms with Gasteiger partial charge in [-0.3, -0.25) is 14.8 Å². The number of benzene rings is 2. The summed E-state index contributed by atoms with van der Waals surface area (Å²) in [4.78, 5) is 19.6. The van der Waals surface area contributed by atoms with Crippen molar-refractivity contribution in [1.82, 2.24) is 15.1 Å². The van der Waals surface area contributed by atoms with Crippen molar-refractivity contribution in [2.45, 2.75) is 24.8 Å². The van der Waals surface area contributed by atoms with E-state index in [0.717, 1.165) is 40.4 Å². The van der Waals surface area contributed by atoms with Crippen LogP contribution < -0.4 is 10.5 Å². The van der Waals surface area contributed by atoms with Gasteiger partial charge in [-0.25, -0.2) is 4.99 Å². The minimum Gasteiger partial charge on any atom is -0.491 e. The first-order valence-corrected chi connectivity index (χ1v) is 10.5. The number of hydrogen-bond donors (Lipinski definition) is 2. The van der Waals surface area contributed by atoms with Crippen LogP contribution >= 0.6 is 0 Å². The summed E-state index contributed by atoms with van der Waals surface area (Å²) in [7, 11) is 1.67. The Morgan fingerprint density at radius 3 is 2.77 bits per heavy atom. The van der Waals surface area contributed by atoms with Crippen LogP contribution in [0.15, 0.2) is 47.6 Å². The molecule has 31 heavy (non-hydrogen) atoms. The maximum absolute atomic E-state index is 13.4. The Balaban J connectivity index is 1.67. The van der Waals surface area contributed by atoms with Crippen molar-refractivity contribution in [2.75, 3.05) is 26.9 Å². The normalized spacial score (nSPS) is 22.2. The fourth-order valence-corrected chi connectivity index (χ4v) is 4.35. The fraction of sp³-hybridized carbons (Fsp3) is 0.348. The van der Waals surface area contributed by atoms with E-state index in [4.69, 9.17) is 20.2 Å². The number of hydrogen-bond acceptors (Lipinski definition) is 6. The number of aromatic nitrogens is 2. The fourth-order valence-electron chi connectivity index (χ4n) is 4.35. The molecule has 0 radical (unpaired) electrons. The molecule has 8 nitrogen and oxygen atoms in total. The number of rotatable bonds is 1. The highest BCUT2D eigenvalue weighted by atomic mass is 16.5. The van der Waals surface area contributed by atoms with E-state index in [9.17, 15) is 4.79 Å². The Morgan fingerprint density at radius 2 is 1.94 bits per heavy atom. The van der Waals surface area contributed by atoms with Crippen molar-refractivity contribution in [2.24, 2.45) is 10.7 Å². The van der Waals surface area contributed by atoms with Crippen LogP contribution in [0.25, 0.3) is 22.0 Å². The molecule has 0 saturated heterocycles. The monoisotopic (exact) mass is 419 g/mol. The summed E-state index contributed by atoms with van der Waals surface area (Å²) in [5.41, 5.74) is 8.70. The zero-order chi connectivity index (χ0) is 21.4. The van der Waals surface area contributed by atoms with Crippen LogP contribution in [0.2, 0.25) is 0 Å². The molecule has 2 aliphatic heterocycles. The lowest BCUT2D eigenvalue weighted by atomic mass is 9.83. The molecule has 3 aromatic rings. The lowest BCUT2D eigenvalue weighted by Gasteiger charge is -2.27. The smallest absolute Gasteiger partial charge is 0.261 e. The van der Waals surface area contributed by atoms with Gasteiger partial charge in [-0.1, -0.05) is 18.2 Å². The maximum atomic E-state index is 13.4. The highest BCUT2D eigenvalue weighted by Gasteiger charge is 2.49. The summed E-state index contributed by atoms with van der Waals surface area (Å²) in [5, 5.41) is 8.16. The van der Waals surface area contributed by atoms with Crippen molar-refractivity contribution in [3.05, 3.63) is 48.2 Å². The molecule has 160 valence electrons. The van der Waals surface area contributed by atoms with E-state index in [1.165, 1.54) is 4.90 Å². The number of nitrogens with one attached hydrogen (secondary N) is 1. The second kappa shape index (κ2) is 7.70. The number of guanidine groups is 1. The van der Waals surface area contributed by atoms with Gasteiger partial charge >= 0.3 is 0 Å². The number of H-pyrrole nitrogens is 1. The van der Waals surface area contributed by atoms with Gasteiger partial charge < -0.3 is 15.2 Å². The summed E-state index contributed by atoms with van der Waals surface area (Å²) >= 11 is 0. The number of carbonyl (C=O) groups excluding carboxylic acids is 1. The van der Waals surface area contributed by atoms with Crippen LogP contribution in [-0.2, 0) is 15.1 Å². The average molecular weight is 419 g/mol. The van der Waals surface area contributed by atoms with Gasteiger partial charge in [-0.15, -0.1) is 0 Å². The summed E-state index contributed by atoms with van der Waals surface area (Å²) < 4.78 is 11.7. The van der Waals surface area contributed by atoms with Gasteiger partial charge in [0.05, 0.1) is 18.3 Å². The van der Waals surface area contributed by atoms with Crippen LogP contribution in [0.3, 0.4) is 0 Å². The molecular weight excluding hydrogens is 394 g/mol. The first kappa shape index (κ1) is 19.6. The van der Waals surface area contributed by atoms with Crippen molar-refractivity contribution in [1.29, 1.82) is 0 Å². The van der Waals surface area contributed by atoms with E-state index in [2.05, 4.69) is 16.3 Å². The van der Waals surface area contributed by atoms with Crippen LogP contribution in [0, 0.1) is 0 Å². The first-order valence-electron chi connectivity index (χ1n) is 10.5. The van der Waals surface area contributed by atoms with Crippen molar-refractivity contribution in [3.8, 4) is 16.9 Å². The third kappa shape index (κ3) is 3.33. The SMILES string of the molecule is CN1C(=O)[C@@]2(CCCCOCCOc3ccc(-c4ccc5cn[nH]c5c4)cc32)N=C1N. The Labute approximate surface area is 180 Å². The maximum Gasteiger partial charge on any atom is 0.261 e. The van der Waals surface area contributed by atoms with Gasteiger partial charge in [-0.05, 0) is 48.6 Å². The Bertz CT molecular complexity index is 1170. The van der Waals surface area contributed by atoms with E-state index >= 15 is 0 Å². The number of nitrogens with two attached hydrogens (primary N) is 1. The van der Waals surface area contributed by atoms with Gasteiger partial charge in [0.15, 0.2) is 11.5 Å². The zero-order valence-corrected chi connectivity index (χ0v) is 17.4. The predicted octanol–water partition coefficient (Wildman–Crippen LogP) is 2.79. The topological polar surface area (TPSA) is 106 Å². The molecule has 0 fully saturated rings. The molecule has 8 heteroatoms. The quantitative estimate of drug-likeness (QED) is 0.631. The van der Waals surface area contributed by atoms with Crippen molar-refractivity contribution >= 4 is 22.8 Å². The Kier molecular flexibility index (Phi) is 4.86. The van der Waals surface area contributed by atoms with Crippen LogP contribution in [-0.4, -0.2) is 53.8 Å². The molecule has 3 N–H and O–H groups in total. The largest absolute Gasteiger partial charge is 0.491 e. The van der Waals surface area contributed by atoms with Gasteiger partial charge in [0, 0.05) is 24.6 Å². The number of amides is 1. The number of carbonyl (C=O) groups is 1. The summed E-state index contributed by atoms with van der Waals surface area (Å²) in [6.45, 7) is 1.55. The van der Waals surface area contributed by atoms with E-state index in [0.29, 0.717) is 32.0 Å². The van der Waals surface area contributed by atoms with Gasteiger partial charge in [0.2, 0.25) is 0 Å². The second-order valence-electron chi connectivity index (χ2n) is 8.00. The molecular formula is C23H25N5O3. The van der Waals surface area contributed by atoms with Gasteiger partial charge in [-0.2, -0.15) is 5.10 Å². The second-order valence-corrected chi connectivity index (χ2v) is 8.00. The standard InChI is InChI=1S/C23H25N5O3/c1-28-21(29)23(26-22(28)24)8-2-3-9-30-10-11-31-20-7-6-15(12-18(20)23)16-4-5-17-14-25-27-19(17)13-16/h4-7,12-14H,2-3,8-11H2,1H3,(H2,24,26)(H,25,27)/t23-/m0/s1. The molecule has 0 aliphatic carbocycles. The number of fused-ring (bicyclic) bond motifs is 3. The molecule has 5 rings (SSSR count).